The Kier molecular flexibility index (Phi) is 27.3. The van der Waals surface area contributed by atoms with Crippen molar-refractivity contribution in [1.82, 2.24) is 43.5 Å². The average molecular weight is 1760 g/mol. The molecule has 0 spiro atoms. The Morgan fingerprint density at radius 1 is 0.432 bits per heavy atom. The number of H-pyrrole nitrogens is 1. The molecule has 6 aromatic heterocycles. The first kappa shape index (κ1) is 87.2. The number of nitrogens with one attached hydrogen (secondary N) is 1. The fourth-order valence-electron chi connectivity index (χ4n) is 20.4. The molecule has 9 aliphatic rings. The molecule has 2 N–H and O–H groups in total. The number of allylic oxidation sites excluding steroid dienone is 3. The number of rotatable bonds is 14. The maximum atomic E-state index is 12.9. The number of carboxylic acid groups (broad SMARTS) is 1. The molecule has 0 amide bonds. The summed E-state index contributed by atoms with van der Waals surface area (Å²) in [6, 6.07) is 42.3. The molecule has 3 aliphatic carbocycles. The molecule has 3 saturated carbocycles. The van der Waals surface area contributed by atoms with Crippen LogP contribution in [-0.2, 0) is 56.4 Å². The van der Waals surface area contributed by atoms with Crippen LogP contribution in [0.4, 0.5) is 0 Å². The molecule has 25 heteroatoms. The first-order chi connectivity index (χ1) is 60.2. The van der Waals surface area contributed by atoms with Crippen LogP contribution >= 0.6 is 15.9 Å². The number of carboxylic acids is 1. The predicted octanol–water partition coefficient (Wildman–Crippen LogP) is 20.9. The quantitative estimate of drug-likeness (QED) is 0.0755. The molecule has 6 aromatic carbocycles. The molecule has 125 heavy (non-hydrogen) atoms. The molecule has 21 rings (SSSR count). The number of nitrogens with zero attached hydrogens (tertiary/aromatic N) is 8. The van der Waals surface area contributed by atoms with Gasteiger partial charge in [-0.05, 0) is 201 Å². The van der Waals surface area contributed by atoms with Gasteiger partial charge in [-0.15, -0.1) is 15.3 Å². The normalized spacial score (nSPS) is 17.6. The van der Waals surface area contributed by atoms with E-state index in [2.05, 4.69) is 124 Å². The molecule has 0 bridgehead atoms. The second-order valence-electron chi connectivity index (χ2n) is 34.3. The van der Waals surface area contributed by atoms with Crippen LogP contribution in [0.5, 0.6) is 0 Å². The highest BCUT2D eigenvalue weighted by Gasteiger charge is 2.36. The van der Waals surface area contributed by atoms with Crippen molar-refractivity contribution < 1.29 is 56.4 Å². The van der Waals surface area contributed by atoms with Gasteiger partial charge in [0, 0.05) is 111 Å². The summed E-state index contributed by atoms with van der Waals surface area (Å²) in [5.41, 5.74) is 20.6. The van der Waals surface area contributed by atoms with E-state index in [0.29, 0.717) is 112 Å². The second kappa shape index (κ2) is 39.1. The highest BCUT2D eigenvalue weighted by Crippen LogP contribution is 2.52. The fourth-order valence-corrected chi connectivity index (χ4v) is 21.0. The van der Waals surface area contributed by atoms with Crippen LogP contribution in [0.15, 0.2) is 155 Å². The predicted molar refractivity (Wildman–Crippen MR) is 489 cm³/mol. The largest absolute Gasteiger partial charge is 0.478 e. The molecule has 24 nitrogen and oxygen atoms in total. The van der Waals surface area contributed by atoms with Gasteiger partial charge in [0.2, 0.25) is 17.7 Å². The van der Waals surface area contributed by atoms with Crippen molar-refractivity contribution in [2.75, 3.05) is 59.2 Å². The maximum Gasteiger partial charge on any atom is 0.437 e. The summed E-state index contributed by atoms with van der Waals surface area (Å²) >= 11 is 3.46. The molecule has 0 unspecified atom stereocenters. The lowest BCUT2D eigenvalue weighted by molar-refractivity contribution is 0.0592. The van der Waals surface area contributed by atoms with E-state index in [1.807, 2.05) is 54.6 Å². The molecule has 654 valence electrons. The highest BCUT2D eigenvalue weighted by molar-refractivity contribution is 9.09. The number of carbonyl (C=O) groups excluding carboxylic acids is 2. The number of aromatic carboxylic acids is 1. The Hall–Kier alpha value is -11.3. The zero-order valence-corrected chi connectivity index (χ0v) is 71.4. The van der Waals surface area contributed by atoms with Crippen LogP contribution < -0.4 is 17.3 Å². The van der Waals surface area contributed by atoms with Gasteiger partial charge >= 0.3 is 35.2 Å². The average Bonchev–Trinajstić information content (AvgIpc) is 1.58. The number of alkyl halides is 1. The zero-order chi connectivity index (χ0) is 84.2. The molecule has 12 aromatic rings. The summed E-state index contributed by atoms with van der Waals surface area (Å²) in [5.74, 6) is 0.670. The van der Waals surface area contributed by atoms with Crippen molar-refractivity contribution in [2.45, 2.75) is 200 Å². The molecular weight excluding hydrogens is 1650 g/mol. The summed E-state index contributed by atoms with van der Waals surface area (Å²) in [6.45, 7) is 7.18. The van der Waals surface area contributed by atoms with E-state index >= 15 is 0 Å². The maximum absolute atomic E-state index is 12.9. The molecule has 3 saturated heterocycles. The van der Waals surface area contributed by atoms with Crippen molar-refractivity contribution in [1.29, 1.82) is 0 Å². The van der Waals surface area contributed by atoms with E-state index in [9.17, 15) is 33.9 Å². The van der Waals surface area contributed by atoms with Gasteiger partial charge in [0.1, 0.15) is 0 Å². The van der Waals surface area contributed by atoms with E-state index in [4.69, 9.17) is 42.0 Å². The van der Waals surface area contributed by atoms with Crippen LogP contribution in [0.1, 0.15) is 250 Å². The summed E-state index contributed by atoms with van der Waals surface area (Å²) in [7, 11) is 2.81. The van der Waals surface area contributed by atoms with Crippen molar-refractivity contribution >= 4 is 101 Å². The summed E-state index contributed by atoms with van der Waals surface area (Å²) in [4.78, 5) is 74.5. The van der Waals surface area contributed by atoms with Gasteiger partial charge in [-0.25, -0.2) is 33.9 Å². The molecule has 0 atom stereocenters. The van der Waals surface area contributed by atoms with Crippen LogP contribution in [0.3, 0.4) is 0 Å². The third-order valence-electron chi connectivity index (χ3n) is 26.6. The number of esters is 2. The second-order valence-corrected chi connectivity index (χ2v) is 34.9. The van der Waals surface area contributed by atoms with E-state index in [-0.39, 0.29) is 38.2 Å². The van der Waals surface area contributed by atoms with Crippen molar-refractivity contribution in [3.05, 3.63) is 227 Å². The Bertz CT molecular complexity index is 6210. The minimum atomic E-state index is -0.945. The molecular formula is C100H112BrN9O15. The van der Waals surface area contributed by atoms with Gasteiger partial charge in [0.25, 0.3) is 0 Å². The van der Waals surface area contributed by atoms with E-state index < -0.39 is 23.2 Å². The van der Waals surface area contributed by atoms with Crippen LogP contribution in [0.2, 0.25) is 0 Å². The Labute approximate surface area is 734 Å². The number of hydrogen-bond donors (Lipinski definition) is 2. The summed E-state index contributed by atoms with van der Waals surface area (Å²) in [6.07, 6.45) is 30.3. The number of aromatic nitrogens is 9. The zero-order valence-electron chi connectivity index (χ0n) is 69.8. The Morgan fingerprint density at radius 3 is 1.10 bits per heavy atom. The molecule has 12 heterocycles. The van der Waals surface area contributed by atoms with Crippen LogP contribution in [0, 0.1) is 17.8 Å². The smallest absolute Gasteiger partial charge is 0.437 e. The first-order valence-electron chi connectivity index (χ1n) is 44.0. The molecule has 6 fully saturated rings. The minimum Gasteiger partial charge on any atom is -0.478 e. The fraction of sp³-hybridized carbons (Fsp3) is 0.430. The number of carbonyl (C=O) groups is 3. The molecule has 0 radical (unpaired) electrons. The number of halogens is 1. The Balaban J connectivity index is 0.000000132. The lowest BCUT2D eigenvalue weighted by Crippen LogP contribution is -2.25. The number of fused-ring (bicyclic) bond motifs is 15. The van der Waals surface area contributed by atoms with Crippen LogP contribution in [0.25, 0.3) is 101 Å². The van der Waals surface area contributed by atoms with E-state index in [1.165, 1.54) is 128 Å². The van der Waals surface area contributed by atoms with E-state index in [1.54, 1.807) is 12.1 Å². The first-order valence-corrected chi connectivity index (χ1v) is 45.2. The topological polar surface area (TPSA) is 287 Å². The third-order valence-corrected chi connectivity index (χ3v) is 27.6. The molecule has 6 aliphatic heterocycles. The van der Waals surface area contributed by atoms with Gasteiger partial charge in [0.15, 0.2) is 0 Å². The van der Waals surface area contributed by atoms with Gasteiger partial charge < -0.3 is 55.7 Å². The summed E-state index contributed by atoms with van der Waals surface area (Å²) < 4.78 is 52.8. The van der Waals surface area contributed by atoms with Crippen molar-refractivity contribution in [3.63, 3.8) is 0 Å². The van der Waals surface area contributed by atoms with Gasteiger partial charge in [-0.3, -0.25) is 0 Å². The third kappa shape index (κ3) is 18.2. The number of hydrogen-bond acceptors (Lipinski definition) is 17. The van der Waals surface area contributed by atoms with E-state index in [0.717, 1.165) is 172 Å². The van der Waals surface area contributed by atoms with Crippen molar-refractivity contribution in [2.24, 2.45) is 17.8 Å². The monoisotopic (exact) mass is 1760 g/mol. The van der Waals surface area contributed by atoms with Crippen LogP contribution in [-0.4, -0.2) is 126 Å². The Morgan fingerprint density at radius 2 is 0.768 bits per heavy atom. The number of aromatic amines is 1. The van der Waals surface area contributed by atoms with Gasteiger partial charge in [-0.2, -0.15) is 9.36 Å². The number of benzene rings is 6. The van der Waals surface area contributed by atoms with Crippen molar-refractivity contribution in [3.8, 4) is 33.8 Å². The minimum absolute atomic E-state index is 0. The lowest BCUT2D eigenvalue weighted by Gasteiger charge is -2.24. The number of methoxy groups -OCH3 is 2. The number of ether oxygens (including phenoxy) is 5. The SMILES string of the molecule is BrCC1CCOCC1.C.C.COC(=O)c1ccc2c(C3CCCCC3)c3n(c2c1)CC(c1n[nH]c(=O)o1)=Cc1ccccc1-3.COC(=O)c1ccc2c(C3CCCCC3)c3n(c2c1)CC(c1nn(CC2CCOCC2)c(=O)o1)=Cc1ccccc1-3.O=C(O)c1ccc2c(C3CCCCC3)c3n(c2c1)CC(c1nn(CC2CCOCC2)c(=O)o1)=Cc1ccccc1-3. The highest BCUT2D eigenvalue weighted by atomic mass is 79.9. The van der Waals surface area contributed by atoms with Gasteiger partial charge in [0.05, 0.1) is 80.7 Å². The standard InChI is InChI=1S/C33H35N3O5.C32H33N3O5.C27H25N3O4.C6H11BrO.2CH4/c1-39-32(37)24-11-12-27-28(18-24)35-20-25(31-34-36(33(38)41-31)19-21-13-15-40-16-14-21)17-23-9-5-6-10-26(23)30(35)29(27)22-7-3-2-4-8-22;36-31(37)23-10-11-26-27(17-23)34-19-24(30-33-35(32(38)40-30)18-20-12-14-39-15-13-20)16-22-8-4-5-9-25(22)29(34)28(26)21-6-2-1-3-7-21;1-33-26(31)18-11-12-21-22(14-18)30-15-19(25-28-29-27(32)34-25)13-17-9-5-6-10-20(17)24(30)23(21)16-7-3-2-4-8-16;7-5-6-1-3-8-4-2-6;;/h5-6,9-12,17-18,21-22H,2-4,7-8,13-16,19-20H2,1H3;4-5,8-11,16-17,20-21H,1-3,6-7,12-15,18-19H2,(H,36,37);5-6,9-14,16H,2-4,7-8,15H2,1H3,(H,29,32);6H,1-5H2;2*1H4. The lowest BCUT2D eigenvalue weighted by atomic mass is 9.81. The summed E-state index contributed by atoms with van der Waals surface area (Å²) in [5, 5.41) is 30.2. The van der Waals surface area contributed by atoms with Gasteiger partial charge in [-0.1, -0.05) is 180 Å².